The fourth-order valence-electron chi connectivity index (χ4n) is 1.52. The fraction of sp³-hybridized carbons (Fsp3) is 0.231. The molecule has 0 atom stereocenters. The van der Waals surface area contributed by atoms with Crippen molar-refractivity contribution >= 4 is 5.57 Å². The standard InChI is InChI=1S/C13H16/c1-5-6-11(3)13-8-7-10(2)9-12(13)4/h5-9H,1H2,2-4H3/b11-6-. The quantitative estimate of drug-likeness (QED) is 0.594. The lowest BCUT2D eigenvalue weighted by atomic mass is 10.00. The van der Waals surface area contributed by atoms with E-state index in [-0.39, 0.29) is 0 Å². The molecule has 0 aliphatic carbocycles. The highest BCUT2D eigenvalue weighted by Gasteiger charge is 1.98. The maximum absolute atomic E-state index is 3.70. The maximum Gasteiger partial charge on any atom is -0.0198 e. The summed E-state index contributed by atoms with van der Waals surface area (Å²) in [4.78, 5) is 0. The minimum Gasteiger partial charge on any atom is -0.0991 e. The zero-order valence-corrected chi connectivity index (χ0v) is 8.59. The van der Waals surface area contributed by atoms with E-state index >= 15 is 0 Å². The molecular weight excluding hydrogens is 156 g/mol. The SMILES string of the molecule is C=C/C=C(/C)c1ccc(C)cc1C. The van der Waals surface area contributed by atoms with E-state index in [9.17, 15) is 0 Å². The molecule has 13 heavy (non-hydrogen) atoms. The third-order valence-electron chi connectivity index (χ3n) is 2.17. The van der Waals surface area contributed by atoms with Crippen molar-refractivity contribution in [2.24, 2.45) is 0 Å². The molecular formula is C13H16. The van der Waals surface area contributed by atoms with E-state index < -0.39 is 0 Å². The van der Waals surface area contributed by atoms with Crippen LogP contribution >= 0.6 is 0 Å². The van der Waals surface area contributed by atoms with Crippen LogP contribution in [0.15, 0.2) is 36.9 Å². The lowest BCUT2D eigenvalue weighted by Crippen LogP contribution is -1.86. The van der Waals surface area contributed by atoms with Crippen LogP contribution in [0.25, 0.3) is 5.57 Å². The van der Waals surface area contributed by atoms with Crippen molar-refractivity contribution in [3.8, 4) is 0 Å². The molecule has 1 aromatic rings. The molecule has 0 unspecified atom stereocenters. The van der Waals surface area contributed by atoms with Crippen LogP contribution in [0.1, 0.15) is 23.6 Å². The van der Waals surface area contributed by atoms with Gasteiger partial charge in [0.15, 0.2) is 0 Å². The Bertz CT molecular complexity index is 343. The smallest absolute Gasteiger partial charge is 0.0198 e. The van der Waals surface area contributed by atoms with E-state index in [1.54, 1.807) is 0 Å². The molecule has 0 radical (unpaired) electrons. The van der Waals surface area contributed by atoms with Gasteiger partial charge in [-0.25, -0.2) is 0 Å². The molecule has 0 heterocycles. The molecule has 0 aromatic heterocycles. The Morgan fingerprint density at radius 1 is 1.31 bits per heavy atom. The average molecular weight is 172 g/mol. The Labute approximate surface area is 80.6 Å². The first kappa shape index (κ1) is 9.79. The van der Waals surface area contributed by atoms with Gasteiger partial charge in [0, 0.05) is 0 Å². The number of rotatable bonds is 2. The van der Waals surface area contributed by atoms with Gasteiger partial charge in [-0.1, -0.05) is 42.5 Å². The summed E-state index contributed by atoms with van der Waals surface area (Å²) in [7, 11) is 0. The van der Waals surface area contributed by atoms with Crippen molar-refractivity contribution in [1.29, 1.82) is 0 Å². The topological polar surface area (TPSA) is 0 Å². The van der Waals surface area contributed by atoms with Crippen LogP contribution in [0, 0.1) is 13.8 Å². The van der Waals surface area contributed by atoms with Gasteiger partial charge in [0.25, 0.3) is 0 Å². The molecule has 0 heteroatoms. The van der Waals surface area contributed by atoms with Crippen molar-refractivity contribution in [3.05, 3.63) is 53.6 Å². The third kappa shape index (κ3) is 2.32. The number of hydrogen-bond acceptors (Lipinski definition) is 0. The largest absolute Gasteiger partial charge is 0.0991 e. The van der Waals surface area contributed by atoms with Gasteiger partial charge in [0.2, 0.25) is 0 Å². The molecule has 0 bridgehead atoms. The van der Waals surface area contributed by atoms with Crippen LogP contribution in [0.3, 0.4) is 0 Å². The lowest BCUT2D eigenvalue weighted by Gasteiger charge is -2.06. The zero-order chi connectivity index (χ0) is 9.84. The Morgan fingerprint density at radius 3 is 2.54 bits per heavy atom. The van der Waals surface area contributed by atoms with Crippen LogP contribution < -0.4 is 0 Å². The molecule has 0 aliphatic heterocycles. The van der Waals surface area contributed by atoms with E-state index in [4.69, 9.17) is 0 Å². The number of hydrogen-bond donors (Lipinski definition) is 0. The van der Waals surface area contributed by atoms with E-state index in [0.29, 0.717) is 0 Å². The zero-order valence-electron chi connectivity index (χ0n) is 8.59. The summed E-state index contributed by atoms with van der Waals surface area (Å²) >= 11 is 0. The predicted octanol–water partition coefficient (Wildman–Crippen LogP) is 3.89. The van der Waals surface area contributed by atoms with E-state index in [1.165, 1.54) is 22.3 Å². The molecule has 0 saturated carbocycles. The maximum atomic E-state index is 3.70. The molecule has 0 N–H and O–H groups in total. The van der Waals surface area contributed by atoms with Crippen LogP contribution in [-0.2, 0) is 0 Å². The minimum absolute atomic E-state index is 1.27. The van der Waals surface area contributed by atoms with Gasteiger partial charge in [0.05, 0.1) is 0 Å². The normalized spacial score (nSPS) is 11.5. The summed E-state index contributed by atoms with van der Waals surface area (Å²) < 4.78 is 0. The predicted molar refractivity (Wildman–Crippen MR) is 59.8 cm³/mol. The molecule has 0 amide bonds. The molecule has 68 valence electrons. The molecule has 1 aromatic carbocycles. The molecule has 0 fully saturated rings. The van der Waals surface area contributed by atoms with Crippen molar-refractivity contribution < 1.29 is 0 Å². The molecule has 0 spiro atoms. The van der Waals surface area contributed by atoms with Crippen LogP contribution in [0.2, 0.25) is 0 Å². The van der Waals surface area contributed by atoms with E-state index in [0.717, 1.165) is 0 Å². The highest BCUT2D eigenvalue weighted by molar-refractivity contribution is 5.67. The Balaban J connectivity index is 3.15. The number of allylic oxidation sites excluding steroid dienone is 3. The Kier molecular flexibility index (Phi) is 3.07. The minimum atomic E-state index is 1.27. The van der Waals surface area contributed by atoms with Gasteiger partial charge in [-0.3, -0.25) is 0 Å². The second-order valence-corrected chi connectivity index (χ2v) is 3.40. The first-order valence-electron chi connectivity index (χ1n) is 4.52. The summed E-state index contributed by atoms with van der Waals surface area (Å²) in [5.74, 6) is 0. The van der Waals surface area contributed by atoms with Gasteiger partial charge in [0.1, 0.15) is 0 Å². The fourth-order valence-corrected chi connectivity index (χ4v) is 1.52. The van der Waals surface area contributed by atoms with Gasteiger partial charge in [-0.2, -0.15) is 0 Å². The van der Waals surface area contributed by atoms with E-state index in [2.05, 4.69) is 45.5 Å². The first-order chi connectivity index (χ1) is 6.15. The van der Waals surface area contributed by atoms with Gasteiger partial charge in [-0.15, -0.1) is 0 Å². The third-order valence-corrected chi connectivity index (χ3v) is 2.17. The van der Waals surface area contributed by atoms with Crippen molar-refractivity contribution in [2.45, 2.75) is 20.8 Å². The molecule has 0 aliphatic rings. The monoisotopic (exact) mass is 172 g/mol. The summed E-state index contributed by atoms with van der Waals surface area (Å²) in [5.41, 5.74) is 5.22. The highest BCUT2D eigenvalue weighted by Crippen LogP contribution is 2.19. The number of aryl methyl sites for hydroxylation is 2. The Hall–Kier alpha value is -1.30. The van der Waals surface area contributed by atoms with Crippen molar-refractivity contribution in [3.63, 3.8) is 0 Å². The Morgan fingerprint density at radius 2 is 2.00 bits per heavy atom. The average Bonchev–Trinajstić information content (AvgIpc) is 2.04. The van der Waals surface area contributed by atoms with Gasteiger partial charge in [-0.05, 0) is 37.5 Å². The highest BCUT2D eigenvalue weighted by atomic mass is 14.0. The van der Waals surface area contributed by atoms with Gasteiger partial charge < -0.3 is 0 Å². The second-order valence-electron chi connectivity index (χ2n) is 3.40. The van der Waals surface area contributed by atoms with Crippen molar-refractivity contribution in [2.75, 3.05) is 0 Å². The van der Waals surface area contributed by atoms with Crippen LogP contribution in [-0.4, -0.2) is 0 Å². The second kappa shape index (κ2) is 4.08. The summed E-state index contributed by atoms with van der Waals surface area (Å²) in [6, 6.07) is 6.51. The molecule has 1 rings (SSSR count). The van der Waals surface area contributed by atoms with Gasteiger partial charge >= 0.3 is 0 Å². The van der Waals surface area contributed by atoms with Crippen LogP contribution in [0.4, 0.5) is 0 Å². The van der Waals surface area contributed by atoms with E-state index in [1.807, 2.05) is 12.2 Å². The molecule has 0 saturated heterocycles. The molecule has 0 nitrogen and oxygen atoms in total. The summed E-state index contributed by atoms with van der Waals surface area (Å²) in [6.07, 6.45) is 3.87. The number of benzene rings is 1. The van der Waals surface area contributed by atoms with Crippen molar-refractivity contribution in [1.82, 2.24) is 0 Å². The summed E-state index contributed by atoms with van der Waals surface area (Å²) in [6.45, 7) is 10.1. The van der Waals surface area contributed by atoms with Crippen LogP contribution in [0.5, 0.6) is 0 Å². The summed E-state index contributed by atoms with van der Waals surface area (Å²) in [5, 5.41) is 0. The lowest BCUT2D eigenvalue weighted by molar-refractivity contribution is 1.35. The first-order valence-corrected chi connectivity index (χ1v) is 4.52.